The standard InChI is InChI=1S/C23H31N3/c1-22(2)8-9-23(3,4)20-15-17(5-6-19(20)22)18-7-10-25-21(16-18)26-13-11-24-12-14-26/h5-7,10,15-16,24H,8-9,11-14H2,1-4H3. The van der Waals surface area contributed by atoms with Gasteiger partial charge in [-0.2, -0.15) is 0 Å². The number of piperazine rings is 1. The average molecular weight is 350 g/mol. The highest BCUT2D eigenvalue weighted by atomic mass is 15.2. The van der Waals surface area contributed by atoms with Gasteiger partial charge in [0.1, 0.15) is 5.82 Å². The third-order valence-electron chi connectivity index (χ3n) is 6.37. The smallest absolute Gasteiger partial charge is 0.129 e. The summed E-state index contributed by atoms with van der Waals surface area (Å²) < 4.78 is 0. The van der Waals surface area contributed by atoms with E-state index in [1.165, 1.54) is 35.1 Å². The third kappa shape index (κ3) is 3.14. The fraction of sp³-hybridized carbons (Fsp3) is 0.522. The predicted molar refractivity (Wildman–Crippen MR) is 110 cm³/mol. The quantitative estimate of drug-likeness (QED) is 0.865. The van der Waals surface area contributed by atoms with Gasteiger partial charge in [0.2, 0.25) is 0 Å². The highest BCUT2D eigenvalue weighted by Crippen LogP contribution is 2.46. The molecule has 1 aromatic carbocycles. The molecule has 2 aromatic rings. The van der Waals surface area contributed by atoms with Crippen molar-refractivity contribution in [3.63, 3.8) is 0 Å². The van der Waals surface area contributed by atoms with Crippen molar-refractivity contribution in [3.8, 4) is 11.1 Å². The Kier molecular flexibility index (Phi) is 4.31. The topological polar surface area (TPSA) is 28.2 Å². The second kappa shape index (κ2) is 6.38. The van der Waals surface area contributed by atoms with E-state index in [-0.39, 0.29) is 10.8 Å². The van der Waals surface area contributed by atoms with E-state index in [1.54, 1.807) is 0 Å². The Balaban J connectivity index is 1.73. The van der Waals surface area contributed by atoms with Crippen LogP contribution in [0.4, 0.5) is 5.82 Å². The van der Waals surface area contributed by atoms with Crippen LogP contribution in [-0.2, 0) is 10.8 Å². The van der Waals surface area contributed by atoms with Gasteiger partial charge in [-0.05, 0) is 58.1 Å². The summed E-state index contributed by atoms with van der Waals surface area (Å²) in [6, 6.07) is 11.5. The first-order valence-electron chi connectivity index (χ1n) is 9.94. The van der Waals surface area contributed by atoms with Crippen molar-refractivity contribution in [2.75, 3.05) is 31.1 Å². The number of anilines is 1. The highest BCUT2D eigenvalue weighted by molar-refractivity contribution is 5.69. The fourth-order valence-corrected chi connectivity index (χ4v) is 4.43. The van der Waals surface area contributed by atoms with E-state index in [9.17, 15) is 0 Å². The predicted octanol–water partition coefficient (Wildman–Crippen LogP) is 4.51. The van der Waals surface area contributed by atoms with Crippen LogP contribution in [0.2, 0.25) is 0 Å². The first-order valence-corrected chi connectivity index (χ1v) is 9.94. The van der Waals surface area contributed by atoms with Crippen LogP contribution in [0.1, 0.15) is 51.7 Å². The number of fused-ring (bicyclic) bond motifs is 1. The van der Waals surface area contributed by atoms with Crippen LogP contribution >= 0.6 is 0 Å². The second-order valence-electron chi connectivity index (χ2n) is 9.17. The molecule has 0 bridgehead atoms. The van der Waals surface area contributed by atoms with Crippen LogP contribution in [0, 0.1) is 0 Å². The summed E-state index contributed by atoms with van der Waals surface area (Å²) in [7, 11) is 0. The summed E-state index contributed by atoms with van der Waals surface area (Å²) in [5.74, 6) is 1.10. The number of pyridine rings is 1. The van der Waals surface area contributed by atoms with Crippen LogP contribution in [0.5, 0.6) is 0 Å². The lowest BCUT2D eigenvalue weighted by Gasteiger charge is -2.42. The highest BCUT2D eigenvalue weighted by Gasteiger charge is 2.36. The molecule has 0 unspecified atom stereocenters. The van der Waals surface area contributed by atoms with Gasteiger partial charge >= 0.3 is 0 Å². The number of nitrogens with one attached hydrogen (secondary N) is 1. The molecule has 0 atom stereocenters. The molecular formula is C23H31N3. The van der Waals surface area contributed by atoms with Gasteiger partial charge in [-0.15, -0.1) is 0 Å². The maximum Gasteiger partial charge on any atom is 0.129 e. The number of rotatable bonds is 2. The first-order chi connectivity index (χ1) is 12.4. The van der Waals surface area contributed by atoms with Gasteiger partial charge in [-0.1, -0.05) is 45.9 Å². The van der Waals surface area contributed by atoms with Crippen LogP contribution in [0.25, 0.3) is 11.1 Å². The van der Waals surface area contributed by atoms with Gasteiger partial charge in [0.15, 0.2) is 0 Å². The van der Waals surface area contributed by atoms with Crippen molar-refractivity contribution in [3.05, 3.63) is 47.7 Å². The van der Waals surface area contributed by atoms with Crippen molar-refractivity contribution in [1.29, 1.82) is 0 Å². The summed E-state index contributed by atoms with van der Waals surface area (Å²) in [5, 5.41) is 3.41. The zero-order chi connectivity index (χ0) is 18.4. The van der Waals surface area contributed by atoms with Gasteiger partial charge in [0, 0.05) is 32.4 Å². The molecule has 1 fully saturated rings. The zero-order valence-electron chi connectivity index (χ0n) is 16.6. The van der Waals surface area contributed by atoms with E-state index in [2.05, 4.69) is 73.2 Å². The molecule has 0 radical (unpaired) electrons. The van der Waals surface area contributed by atoms with Crippen molar-refractivity contribution >= 4 is 5.82 Å². The largest absolute Gasteiger partial charge is 0.354 e. The first kappa shape index (κ1) is 17.5. The molecule has 1 aliphatic heterocycles. The zero-order valence-corrected chi connectivity index (χ0v) is 16.6. The lowest BCUT2D eigenvalue weighted by atomic mass is 9.63. The Morgan fingerprint density at radius 1 is 0.846 bits per heavy atom. The molecule has 1 saturated heterocycles. The molecule has 0 amide bonds. The second-order valence-corrected chi connectivity index (χ2v) is 9.17. The van der Waals surface area contributed by atoms with Crippen LogP contribution in [0.15, 0.2) is 36.5 Å². The summed E-state index contributed by atoms with van der Waals surface area (Å²) in [5.41, 5.74) is 6.15. The minimum absolute atomic E-state index is 0.245. The normalized spacial score (nSPS) is 21.3. The van der Waals surface area contributed by atoms with Gasteiger partial charge in [0.25, 0.3) is 0 Å². The summed E-state index contributed by atoms with van der Waals surface area (Å²) >= 11 is 0. The molecule has 2 aliphatic rings. The van der Waals surface area contributed by atoms with Crippen LogP contribution in [0.3, 0.4) is 0 Å². The molecule has 1 aliphatic carbocycles. The Morgan fingerprint density at radius 2 is 1.50 bits per heavy atom. The summed E-state index contributed by atoms with van der Waals surface area (Å²) in [6.45, 7) is 13.7. The van der Waals surface area contributed by atoms with Crippen molar-refractivity contribution < 1.29 is 0 Å². The van der Waals surface area contributed by atoms with Crippen molar-refractivity contribution in [1.82, 2.24) is 10.3 Å². The lowest BCUT2D eigenvalue weighted by Crippen LogP contribution is -2.43. The Morgan fingerprint density at radius 3 is 2.23 bits per heavy atom. The molecule has 2 heterocycles. The van der Waals surface area contributed by atoms with Crippen LogP contribution in [-0.4, -0.2) is 31.2 Å². The van der Waals surface area contributed by atoms with E-state index in [0.717, 1.165) is 32.0 Å². The van der Waals surface area contributed by atoms with E-state index < -0.39 is 0 Å². The van der Waals surface area contributed by atoms with E-state index in [0.29, 0.717) is 0 Å². The number of aromatic nitrogens is 1. The number of benzene rings is 1. The fourth-order valence-electron chi connectivity index (χ4n) is 4.43. The lowest BCUT2D eigenvalue weighted by molar-refractivity contribution is 0.332. The molecule has 3 nitrogen and oxygen atoms in total. The van der Waals surface area contributed by atoms with Gasteiger partial charge in [-0.3, -0.25) is 0 Å². The molecule has 1 N–H and O–H groups in total. The van der Waals surface area contributed by atoms with E-state index in [4.69, 9.17) is 0 Å². The van der Waals surface area contributed by atoms with Crippen molar-refractivity contribution in [2.24, 2.45) is 0 Å². The molecule has 26 heavy (non-hydrogen) atoms. The SMILES string of the molecule is CC1(C)CCC(C)(C)c2cc(-c3ccnc(N4CCNCC4)c3)ccc21. The number of nitrogens with zero attached hydrogens (tertiary/aromatic N) is 2. The van der Waals surface area contributed by atoms with Crippen LogP contribution < -0.4 is 10.2 Å². The third-order valence-corrected chi connectivity index (χ3v) is 6.37. The maximum absolute atomic E-state index is 4.63. The van der Waals surface area contributed by atoms with E-state index >= 15 is 0 Å². The molecule has 0 spiro atoms. The molecule has 4 rings (SSSR count). The van der Waals surface area contributed by atoms with Crippen molar-refractivity contribution in [2.45, 2.75) is 51.4 Å². The Bertz CT molecular complexity index is 801. The van der Waals surface area contributed by atoms with Gasteiger partial charge in [0.05, 0.1) is 0 Å². The summed E-state index contributed by atoms with van der Waals surface area (Å²) in [4.78, 5) is 7.01. The Labute approximate surface area is 157 Å². The average Bonchev–Trinajstić information content (AvgIpc) is 2.66. The molecule has 3 heteroatoms. The minimum atomic E-state index is 0.245. The Hall–Kier alpha value is -1.87. The monoisotopic (exact) mass is 349 g/mol. The van der Waals surface area contributed by atoms with E-state index in [1.807, 2.05) is 6.20 Å². The number of hydrogen-bond acceptors (Lipinski definition) is 3. The van der Waals surface area contributed by atoms with Gasteiger partial charge < -0.3 is 10.2 Å². The minimum Gasteiger partial charge on any atom is -0.354 e. The number of hydrogen-bond donors (Lipinski definition) is 1. The summed E-state index contributed by atoms with van der Waals surface area (Å²) in [6.07, 6.45) is 4.47. The molecular weight excluding hydrogens is 318 g/mol. The maximum atomic E-state index is 4.63. The molecule has 138 valence electrons. The van der Waals surface area contributed by atoms with Gasteiger partial charge in [-0.25, -0.2) is 4.98 Å². The molecule has 0 saturated carbocycles. The molecule has 1 aromatic heterocycles.